The summed E-state index contributed by atoms with van der Waals surface area (Å²) in [6, 6.07) is 1.04. The van der Waals surface area contributed by atoms with Gasteiger partial charge in [0.05, 0.1) is 18.9 Å². The topological polar surface area (TPSA) is 48.7 Å². The molecular weight excluding hydrogens is 312 g/mol. The molecule has 140 valence electrons. The molecule has 1 saturated heterocycles. The predicted molar refractivity (Wildman–Crippen MR) is 103 cm³/mol. The molecule has 1 aliphatic carbocycles. The summed E-state index contributed by atoms with van der Waals surface area (Å²) in [6.45, 7) is 8.38. The largest absolute Gasteiger partial charge is 0.357 e. The second kappa shape index (κ2) is 8.21. The first-order valence-electron chi connectivity index (χ1n) is 9.77. The Hall–Kier alpha value is -1.56. The van der Waals surface area contributed by atoms with Gasteiger partial charge in [-0.25, -0.2) is 4.98 Å². The molecule has 2 fully saturated rings. The van der Waals surface area contributed by atoms with Crippen LogP contribution in [0.5, 0.6) is 0 Å². The third-order valence-electron chi connectivity index (χ3n) is 5.72. The molecule has 1 saturated carbocycles. The molecule has 1 aromatic heterocycles. The van der Waals surface area contributed by atoms with Gasteiger partial charge >= 0.3 is 0 Å². The van der Waals surface area contributed by atoms with E-state index < -0.39 is 0 Å². The summed E-state index contributed by atoms with van der Waals surface area (Å²) in [5.74, 6) is 2.57. The van der Waals surface area contributed by atoms with Crippen LogP contribution in [0.15, 0.2) is 23.7 Å². The lowest BCUT2D eigenvalue weighted by molar-refractivity contribution is 0.188. The fraction of sp³-hybridized carbons (Fsp3) is 0.789. The summed E-state index contributed by atoms with van der Waals surface area (Å²) < 4.78 is 2.26. The molecule has 1 aromatic rings. The first-order valence-corrected chi connectivity index (χ1v) is 9.77. The third kappa shape index (κ3) is 4.54. The van der Waals surface area contributed by atoms with Crippen LogP contribution in [0.25, 0.3) is 0 Å². The second-order valence-electron chi connectivity index (χ2n) is 7.85. The highest BCUT2D eigenvalue weighted by Crippen LogP contribution is 2.34. The normalized spacial score (nSPS) is 26.1. The fourth-order valence-electron chi connectivity index (χ4n) is 3.92. The lowest BCUT2D eigenvalue weighted by Crippen LogP contribution is -2.49. The van der Waals surface area contributed by atoms with Crippen LogP contribution in [0.2, 0.25) is 0 Å². The van der Waals surface area contributed by atoms with Gasteiger partial charge in [-0.1, -0.05) is 6.92 Å². The second-order valence-corrected chi connectivity index (χ2v) is 7.85. The molecule has 0 spiro atoms. The van der Waals surface area contributed by atoms with Crippen molar-refractivity contribution in [3.8, 4) is 0 Å². The Morgan fingerprint density at radius 1 is 1.36 bits per heavy atom. The molecule has 3 unspecified atom stereocenters. The number of aliphatic imine (C=N–C) groups is 1. The molecule has 25 heavy (non-hydrogen) atoms. The van der Waals surface area contributed by atoms with Crippen LogP contribution in [-0.4, -0.2) is 71.6 Å². The fourth-order valence-corrected chi connectivity index (χ4v) is 3.92. The number of rotatable bonds is 6. The van der Waals surface area contributed by atoms with Gasteiger partial charge in [-0.05, 0) is 52.1 Å². The van der Waals surface area contributed by atoms with Crippen LogP contribution in [0, 0.1) is 11.8 Å². The Morgan fingerprint density at radius 2 is 2.16 bits per heavy atom. The Morgan fingerprint density at radius 3 is 2.76 bits per heavy atom. The minimum Gasteiger partial charge on any atom is -0.357 e. The number of aromatic nitrogens is 2. The van der Waals surface area contributed by atoms with Crippen LogP contribution < -0.4 is 5.32 Å². The van der Waals surface area contributed by atoms with Crippen LogP contribution in [0.3, 0.4) is 0 Å². The van der Waals surface area contributed by atoms with E-state index in [4.69, 9.17) is 4.99 Å². The molecule has 3 rings (SSSR count). The number of nitrogens with zero attached hydrogens (tertiary/aromatic N) is 5. The molecule has 3 atom stereocenters. The maximum atomic E-state index is 5.03. The van der Waals surface area contributed by atoms with E-state index in [0.29, 0.717) is 18.0 Å². The lowest BCUT2D eigenvalue weighted by Gasteiger charge is -2.39. The average Bonchev–Trinajstić information content (AvgIpc) is 3.27. The molecule has 0 radical (unpaired) electrons. The number of likely N-dealkylation sites (N-methyl/N-ethyl adjacent to an activating group) is 1. The molecule has 6 nitrogen and oxygen atoms in total. The van der Waals surface area contributed by atoms with Gasteiger partial charge < -0.3 is 19.7 Å². The number of imidazole rings is 1. The highest BCUT2D eigenvalue weighted by Gasteiger charge is 2.33. The average molecular weight is 347 g/mol. The Kier molecular flexibility index (Phi) is 5.99. The zero-order chi connectivity index (χ0) is 17.8. The summed E-state index contributed by atoms with van der Waals surface area (Å²) in [5, 5.41) is 3.52. The molecule has 2 heterocycles. The summed E-state index contributed by atoms with van der Waals surface area (Å²) in [6.07, 6.45) is 9.82. The van der Waals surface area contributed by atoms with E-state index in [2.05, 4.69) is 58.8 Å². The Bertz CT molecular complexity index is 546. The first kappa shape index (κ1) is 18.2. The van der Waals surface area contributed by atoms with Crippen molar-refractivity contribution in [1.82, 2.24) is 24.7 Å². The zero-order valence-corrected chi connectivity index (χ0v) is 16.2. The zero-order valence-electron chi connectivity index (χ0n) is 16.2. The van der Waals surface area contributed by atoms with Crippen molar-refractivity contribution < 1.29 is 0 Å². The summed E-state index contributed by atoms with van der Waals surface area (Å²) in [5.41, 5.74) is 0. The van der Waals surface area contributed by atoms with Crippen LogP contribution in [-0.2, 0) is 0 Å². The number of guanidine groups is 1. The van der Waals surface area contributed by atoms with Gasteiger partial charge in [0.15, 0.2) is 5.96 Å². The molecular formula is C19H34N6. The lowest BCUT2D eigenvalue weighted by atomic mass is 9.93. The molecule has 0 amide bonds. The van der Waals surface area contributed by atoms with E-state index in [1.54, 1.807) is 0 Å². The van der Waals surface area contributed by atoms with Gasteiger partial charge in [0.1, 0.15) is 0 Å². The van der Waals surface area contributed by atoms with E-state index in [9.17, 15) is 0 Å². The van der Waals surface area contributed by atoms with E-state index in [1.165, 1.54) is 19.3 Å². The Balaban J connectivity index is 1.69. The van der Waals surface area contributed by atoms with Crippen molar-refractivity contribution in [2.75, 3.05) is 40.3 Å². The minimum atomic E-state index is 0.466. The smallest absolute Gasteiger partial charge is 0.194 e. The van der Waals surface area contributed by atoms with Crippen LogP contribution >= 0.6 is 0 Å². The van der Waals surface area contributed by atoms with E-state index in [1.807, 2.05) is 12.5 Å². The number of nitrogens with one attached hydrogen (secondary N) is 1. The predicted octanol–water partition coefficient (Wildman–Crippen LogP) is 2.07. The van der Waals surface area contributed by atoms with Crippen molar-refractivity contribution in [2.45, 2.75) is 45.2 Å². The monoisotopic (exact) mass is 346 g/mol. The van der Waals surface area contributed by atoms with Gasteiger partial charge in [-0.2, -0.15) is 0 Å². The SMILES string of the molecule is CCNC(=NCC(C1CC1)N(C)C)N1CCC(C)C(n2ccnc2)C1. The summed E-state index contributed by atoms with van der Waals surface area (Å²) >= 11 is 0. The van der Waals surface area contributed by atoms with Crippen molar-refractivity contribution in [1.29, 1.82) is 0 Å². The molecule has 1 aliphatic heterocycles. The minimum absolute atomic E-state index is 0.466. The van der Waals surface area contributed by atoms with Gasteiger partial charge in [0.25, 0.3) is 0 Å². The summed E-state index contributed by atoms with van der Waals surface area (Å²) in [7, 11) is 4.37. The van der Waals surface area contributed by atoms with Crippen molar-refractivity contribution in [3.63, 3.8) is 0 Å². The maximum Gasteiger partial charge on any atom is 0.194 e. The quantitative estimate of drug-likeness (QED) is 0.633. The molecule has 2 aliphatic rings. The number of hydrogen-bond acceptors (Lipinski definition) is 3. The third-order valence-corrected chi connectivity index (χ3v) is 5.72. The van der Waals surface area contributed by atoms with E-state index in [-0.39, 0.29) is 0 Å². The van der Waals surface area contributed by atoms with Gasteiger partial charge in [0.2, 0.25) is 0 Å². The maximum absolute atomic E-state index is 5.03. The molecule has 1 N–H and O–H groups in total. The van der Waals surface area contributed by atoms with Crippen molar-refractivity contribution in [2.24, 2.45) is 16.8 Å². The van der Waals surface area contributed by atoms with E-state index >= 15 is 0 Å². The molecule has 0 bridgehead atoms. The number of piperidine rings is 1. The highest BCUT2D eigenvalue weighted by atomic mass is 15.3. The van der Waals surface area contributed by atoms with Crippen LogP contribution in [0.1, 0.15) is 39.2 Å². The molecule has 6 heteroatoms. The standard InChI is InChI=1S/C19H34N6/c1-5-21-19(22-12-17(23(3)4)16-6-7-16)24-10-8-15(2)18(13-24)25-11-9-20-14-25/h9,11,14-18H,5-8,10,12-13H2,1-4H3,(H,21,22). The van der Waals surface area contributed by atoms with Gasteiger partial charge in [-0.15, -0.1) is 0 Å². The Labute approximate surface area is 152 Å². The van der Waals surface area contributed by atoms with Crippen LogP contribution in [0.4, 0.5) is 0 Å². The van der Waals surface area contributed by atoms with Crippen molar-refractivity contribution in [3.05, 3.63) is 18.7 Å². The summed E-state index contributed by atoms with van der Waals surface area (Å²) in [4.78, 5) is 14.0. The molecule has 0 aromatic carbocycles. The van der Waals surface area contributed by atoms with E-state index in [0.717, 1.165) is 38.1 Å². The highest BCUT2D eigenvalue weighted by molar-refractivity contribution is 5.80. The van der Waals surface area contributed by atoms with Gasteiger partial charge in [-0.3, -0.25) is 4.99 Å². The van der Waals surface area contributed by atoms with Gasteiger partial charge in [0, 0.05) is 38.1 Å². The first-order chi connectivity index (χ1) is 12.1. The number of hydrogen-bond donors (Lipinski definition) is 1. The van der Waals surface area contributed by atoms with Crippen molar-refractivity contribution >= 4 is 5.96 Å². The number of likely N-dealkylation sites (tertiary alicyclic amines) is 1.